The maximum Gasteiger partial charge on any atom is 0.222 e. The van der Waals surface area contributed by atoms with Crippen LogP contribution in [0.3, 0.4) is 0 Å². The van der Waals surface area contributed by atoms with Gasteiger partial charge in [-0.15, -0.1) is 23.5 Å². The van der Waals surface area contributed by atoms with Gasteiger partial charge in [0.1, 0.15) is 18.4 Å². The van der Waals surface area contributed by atoms with E-state index >= 15 is 0 Å². The van der Waals surface area contributed by atoms with Crippen LogP contribution in [0.1, 0.15) is 19.8 Å². The summed E-state index contributed by atoms with van der Waals surface area (Å²) in [5, 5.41) is 4.95. The van der Waals surface area contributed by atoms with E-state index in [4.69, 9.17) is 4.74 Å². The molecule has 0 aliphatic carbocycles. The number of amides is 1. The number of carbonyl (C=O) groups is 4. The van der Waals surface area contributed by atoms with E-state index in [9.17, 15) is 19.2 Å². The van der Waals surface area contributed by atoms with Crippen LogP contribution in [0.4, 0.5) is 0 Å². The lowest BCUT2D eigenvalue weighted by atomic mass is 10.3. The minimum absolute atomic E-state index is 0.0592. The van der Waals surface area contributed by atoms with Crippen LogP contribution in [-0.2, 0) is 23.9 Å². The molecule has 0 fully saturated rings. The van der Waals surface area contributed by atoms with Gasteiger partial charge in [0.25, 0.3) is 0 Å². The molecule has 7 nitrogen and oxygen atoms in total. The van der Waals surface area contributed by atoms with E-state index in [0.717, 1.165) is 24.9 Å². The number of aldehydes is 2. The molecular weight excluding hydrogens is 364 g/mol. The van der Waals surface area contributed by atoms with Crippen molar-refractivity contribution in [1.29, 1.82) is 0 Å². The van der Waals surface area contributed by atoms with E-state index in [2.05, 4.69) is 10.6 Å². The fourth-order valence-electron chi connectivity index (χ4n) is 1.68. The number of thioether (sulfide) groups is 2. The average molecular weight is 393 g/mol. The number of rotatable bonds is 17. The van der Waals surface area contributed by atoms with E-state index in [-0.39, 0.29) is 30.0 Å². The molecular formula is C16H28N2O5S2. The first-order valence-electron chi connectivity index (χ1n) is 8.17. The number of carbonyl (C=O) groups excluding carboxylic acids is 4. The van der Waals surface area contributed by atoms with Gasteiger partial charge in [-0.05, 0) is 14.0 Å². The summed E-state index contributed by atoms with van der Waals surface area (Å²) in [4.78, 5) is 44.7. The zero-order valence-electron chi connectivity index (χ0n) is 14.8. The van der Waals surface area contributed by atoms with Crippen molar-refractivity contribution >= 4 is 47.8 Å². The zero-order valence-corrected chi connectivity index (χ0v) is 16.5. The molecule has 144 valence electrons. The minimum Gasteiger partial charge on any atom is -0.380 e. The van der Waals surface area contributed by atoms with Gasteiger partial charge in [-0.25, -0.2) is 0 Å². The van der Waals surface area contributed by atoms with Gasteiger partial charge >= 0.3 is 0 Å². The van der Waals surface area contributed by atoms with Gasteiger partial charge in [0, 0.05) is 37.4 Å². The highest BCUT2D eigenvalue weighted by Crippen LogP contribution is 2.21. The van der Waals surface area contributed by atoms with Gasteiger partial charge in [0.05, 0.1) is 23.7 Å². The molecule has 1 amide bonds. The molecule has 0 aliphatic heterocycles. The Balaban J connectivity index is 3.83. The van der Waals surface area contributed by atoms with Crippen molar-refractivity contribution < 1.29 is 23.9 Å². The maximum atomic E-state index is 11.6. The first kappa shape index (κ1) is 24.1. The van der Waals surface area contributed by atoms with Gasteiger partial charge in [0.15, 0.2) is 0 Å². The third-order valence-electron chi connectivity index (χ3n) is 3.06. The van der Waals surface area contributed by atoms with Crippen molar-refractivity contribution in [3.05, 3.63) is 0 Å². The van der Waals surface area contributed by atoms with Crippen molar-refractivity contribution in [2.45, 2.75) is 30.3 Å². The lowest BCUT2D eigenvalue weighted by Crippen LogP contribution is -2.29. The highest BCUT2D eigenvalue weighted by Gasteiger charge is 2.21. The third kappa shape index (κ3) is 14.0. The van der Waals surface area contributed by atoms with Crippen molar-refractivity contribution in [2.24, 2.45) is 0 Å². The van der Waals surface area contributed by atoms with Gasteiger partial charge in [0.2, 0.25) is 5.91 Å². The molecule has 0 aromatic rings. The van der Waals surface area contributed by atoms with E-state index in [0.29, 0.717) is 25.3 Å². The molecule has 0 radical (unpaired) electrons. The van der Waals surface area contributed by atoms with Crippen molar-refractivity contribution in [2.75, 3.05) is 44.9 Å². The fourth-order valence-corrected chi connectivity index (χ4v) is 3.90. The van der Waals surface area contributed by atoms with Gasteiger partial charge in [-0.1, -0.05) is 0 Å². The number of hydrogen-bond donors (Lipinski definition) is 2. The second kappa shape index (κ2) is 16.6. The third-order valence-corrected chi connectivity index (χ3v) is 5.69. The molecule has 0 saturated carbocycles. The molecule has 2 atom stereocenters. The molecule has 2 N–H and O–H groups in total. The lowest BCUT2D eigenvalue weighted by molar-refractivity contribution is -0.122. The van der Waals surface area contributed by atoms with Crippen LogP contribution >= 0.6 is 23.5 Å². The summed E-state index contributed by atoms with van der Waals surface area (Å²) in [6.07, 6.45) is 2.19. The Labute approximate surface area is 157 Å². The summed E-state index contributed by atoms with van der Waals surface area (Å²) in [6.45, 7) is 3.30. The maximum absolute atomic E-state index is 11.6. The average Bonchev–Trinajstić information content (AvgIpc) is 2.59. The van der Waals surface area contributed by atoms with Gasteiger partial charge in [-0.2, -0.15) is 0 Å². The summed E-state index contributed by atoms with van der Waals surface area (Å²) in [5.74, 6) is 1.23. The van der Waals surface area contributed by atoms with Gasteiger partial charge in [-0.3, -0.25) is 9.59 Å². The number of nitrogens with one attached hydrogen (secondary N) is 2. The first-order chi connectivity index (χ1) is 12.0. The number of hydrogen-bond acceptors (Lipinski definition) is 8. The molecule has 0 aromatic carbocycles. The Morgan fingerprint density at radius 1 is 1.00 bits per heavy atom. The lowest BCUT2D eigenvalue weighted by Gasteiger charge is -2.17. The van der Waals surface area contributed by atoms with Crippen molar-refractivity contribution in [3.8, 4) is 0 Å². The Morgan fingerprint density at radius 2 is 1.56 bits per heavy atom. The van der Waals surface area contributed by atoms with E-state index < -0.39 is 5.25 Å². The molecule has 2 unspecified atom stereocenters. The summed E-state index contributed by atoms with van der Waals surface area (Å²) in [5.41, 5.74) is 0. The number of ketones is 1. The minimum atomic E-state index is -0.411. The second-order valence-electron chi connectivity index (χ2n) is 5.21. The summed E-state index contributed by atoms with van der Waals surface area (Å²) < 4.78 is 5.19. The quantitative estimate of drug-likeness (QED) is 0.269. The molecule has 0 saturated heterocycles. The molecule has 0 aromatic heterocycles. The molecule has 0 bridgehead atoms. The molecule has 25 heavy (non-hydrogen) atoms. The predicted molar refractivity (Wildman–Crippen MR) is 102 cm³/mol. The first-order valence-corrected chi connectivity index (χ1v) is 10.3. The van der Waals surface area contributed by atoms with Crippen LogP contribution in [0.5, 0.6) is 0 Å². The topological polar surface area (TPSA) is 102 Å². The van der Waals surface area contributed by atoms with Crippen LogP contribution in [0, 0.1) is 0 Å². The van der Waals surface area contributed by atoms with E-state index in [1.807, 2.05) is 7.05 Å². The Bertz CT molecular complexity index is 410. The largest absolute Gasteiger partial charge is 0.380 e. The normalized spacial score (nSPS) is 13.0. The highest BCUT2D eigenvalue weighted by molar-refractivity contribution is 8.04. The highest BCUT2D eigenvalue weighted by atomic mass is 32.2. The predicted octanol–water partition coefficient (Wildman–Crippen LogP) is 0.309. The Kier molecular flexibility index (Phi) is 16.0. The molecule has 9 heteroatoms. The van der Waals surface area contributed by atoms with Crippen LogP contribution in [0.15, 0.2) is 0 Å². The summed E-state index contributed by atoms with van der Waals surface area (Å²) in [6, 6.07) is 0. The molecule has 0 heterocycles. The molecule has 0 aliphatic rings. The summed E-state index contributed by atoms with van der Waals surface area (Å²) >= 11 is 2.82. The Hall–Kier alpha value is -0.900. The smallest absolute Gasteiger partial charge is 0.222 e. The van der Waals surface area contributed by atoms with Crippen LogP contribution in [-0.4, -0.2) is 79.6 Å². The Morgan fingerprint density at radius 3 is 2.08 bits per heavy atom. The standard InChI is InChI=1S/C16H28N2O5S2/c1-13(21)3-7-23-8-4-16(22)18-6-10-25-15(12-20)14(11-19)24-9-5-17-2/h11-12,14-15,17H,3-10H2,1-2H3,(H,18,22). The SMILES string of the molecule is CNCCSC(C=O)C(C=O)SCCNC(=O)CCOCCC(C)=O. The van der Waals surface area contributed by atoms with Crippen molar-refractivity contribution in [3.63, 3.8) is 0 Å². The van der Waals surface area contributed by atoms with E-state index in [1.165, 1.54) is 30.4 Å². The van der Waals surface area contributed by atoms with Crippen LogP contribution in [0.25, 0.3) is 0 Å². The van der Waals surface area contributed by atoms with Crippen LogP contribution in [0.2, 0.25) is 0 Å². The molecule has 0 spiro atoms. The van der Waals surface area contributed by atoms with E-state index in [1.54, 1.807) is 0 Å². The zero-order chi connectivity index (χ0) is 18.9. The number of ether oxygens (including phenoxy) is 1. The van der Waals surface area contributed by atoms with Crippen molar-refractivity contribution in [1.82, 2.24) is 10.6 Å². The summed E-state index contributed by atoms with van der Waals surface area (Å²) in [7, 11) is 1.83. The fraction of sp³-hybridized carbons (Fsp3) is 0.750. The molecule has 0 rings (SSSR count). The number of Topliss-reactive ketones (excluding diaryl/α,β-unsaturated/α-hetero) is 1. The van der Waals surface area contributed by atoms with Crippen LogP contribution < -0.4 is 10.6 Å². The monoisotopic (exact) mass is 392 g/mol. The second-order valence-corrected chi connectivity index (χ2v) is 7.78. The van der Waals surface area contributed by atoms with Gasteiger partial charge < -0.3 is 25.0 Å².